The minimum absolute atomic E-state index is 0.00980. The van der Waals surface area contributed by atoms with E-state index in [0.717, 1.165) is 23.4 Å². The van der Waals surface area contributed by atoms with Crippen molar-refractivity contribution in [2.24, 2.45) is 0 Å². The number of hydrogen-bond acceptors (Lipinski definition) is 5. The molecule has 1 fully saturated rings. The molecule has 6 nitrogen and oxygen atoms in total. The Labute approximate surface area is 194 Å². The number of benzene rings is 1. The molecular weight excluding hydrogens is 422 g/mol. The van der Waals surface area contributed by atoms with Crippen LogP contribution in [0, 0.1) is 0 Å². The summed E-state index contributed by atoms with van der Waals surface area (Å²) in [7, 11) is 1.63. The summed E-state index contributed by atoms with van der Waals surface area (Å²) in [5.74, 6) is -0.482. The fourth-order valence-electron chi connectivity index (χ4n) is 4.89. The number of ether oxygens (including phenoxy) is 1. The number of piperidine rings is 1. The molecular formula is C25H33N3O3S. The Morgan fingerprint density at radius 1 is 1.12 bits per heavy atom. The summed E-state index contributed by atoms with van der Waals surface area (Å²) in [6, 6.07) is 11.2. The molecule has 0 bridgehead atoms. The van der Waals surface area contributed by atoms with Crippen molar-refractivity contribution in [3.63, 3.8) is 0 Å². The summed E-state index contributed by atoms with van der Waals surface area (Å²) in [6.07, 6.45) is 4.82. The van der Waals surface area contributed by atoms with Gasteiger partial charge in [0.05, 0.1) is 18.6 Å². The summed E-state index contributed by atoms with van der Waals surface area (Å²) in [6.45, 7) is 4.89. The van der Waals surface area contributed by atoms with E-state index < -0.39 is 5.92 Å². The molecule has 1 saturated heterocycles. The number of carbonyl (C=O) groups is 2. The highest BCUT2D eigenvalue weighted by Gasteiger charge is 2.44. The fourth-order valence-corrected chi connectivity index (χ4v) is 5.77. The molecule has 0 radical (unpaired) electrons. The number of likely N-dealkylation sites (tertiary alicyclic amines) is 1. The molecule has 1 N–H and O–H groups in total. The van der Waals surface area contributed by atoms with Gasteiger partial charge in [0.25, 0.3) is 5.91 Å². The number of methoxy groups -OCH3 is 1. The van der Waals surface area contributed by atoms with E-state index >= 15 is 0 Å². The lowest BCUT2D eigenvalue weighted by Gasteiger charge is -2.41. The van der Waals surface area contributed by atoms with Gasteiger partial charge in [-0.25, -0.2) is 0 Å². The molecule has 2 unspecified atom stereocenters. The van der Waals surface area contributed by atoms with Crippen molar-refractivity contribution in [3.8, 4) is 0 Å². The molecule has 2 aliphatic heterocycles. The Kier molecular flexibility index (Phi) is 7.95. The van der Waals surface area contributed by atoms with Crippen LogP contribution in [0.1, 0.15) is 58.4 Å². The van der Waals surface area contributed by atoms with E-state index in [4.69, 9.17) is 4.74 Å². The summed E-state index contributed by atoms with van der Waals surface area (Å²) in [5, 5.41) is 5.19. The van der Waals surface area contributed by atoms with E-state index in [0.29, 0.717) is 25.3 Å². The molecule has 0 saturated carbocycles. The van der Waals surface area contributed by atoms with Crippen LogP contribution in [0.15, 0.2) is 41.8 Å². The number of hydrogen-bond donors (Lipinski definition) is 1. The average molecular weight is 456 g/mol. The highest BCUT2D eigenvalue weighted by atomic mass is 32.1. The normalized spacial score (nSPS) is 21.4. The van der Waals surface area contributed by atoms with Crippen LogP contribution in [0.4, 0.5) is 0 Å². The molecule has 32 heavy (non-hydrogen) atoms. The summed E-state index contributed by atoms with van der Waals surface area (Å²) in [5.41, 5.74) is 1.43. The largest absolute Gasteiger partial charge is 0.383 e. The predicted octanol–water partition coefficient (Wildman–Crippen LogP) is 3.67. The van der Waals surface area contributed by atoms with Crippen LogP contribution < -0.4 is 5.32 Å². The molecule has 4 rings (SSSR count). The highest BCUT2D eigenvalue weighted by molar-refractivity contribution is 7.10. The number of carbonyl (C=O) groups excluding carboxylic acids is 2. The average Bonchev–Trinajstić information content (AvgIpc) is 3.36. The molecule has 7 heteroatoms. The van der Waals surface area contributed by atoms with Crippen LogP contribution >= 0.6 is 11.3 Å². The van der Waals surface area contributed by atoms with Gasteiger partial charge in [0.15, 0.2) is 0 Å². The molecule has 2 amide bonds. The van der Waals surface area contributed by atoms with Gasteiger partial charge >= 0.3 is 0 Å². The van der Waals surface area contributed by atoms with E-state index in [2.05, 4.69) is 10.2 Å². The smallest absolute Gasteiger partial charge is 0.254 e. The van der Waals surface area contributed by atoms with Crippen LogP contribution in [-0.2, 0) is 9.53 Å². The Balaban J connectivity index is 1.54. The predicted molar refractivity (Wildman–Crippen MR) is 127 cm³/mol. The first kappa shape index (κ1) is 23.0. The molecule has 2 atom stereocenters. The second kappa shape index (κ2) is 11.1. The fraction of sp³-hybridized carbons (Fsp3) is 0.520. The Bertz CT molecular complexity index is 896. The van der Waals surface area contributed by atoms with Gasteiger partial charge in [-0.1, -0.05) is 30.7 Å². The van der Waals surface area contributed by atoms with Crippen molar-refractivity contribution in [2.75, 3.05) is 46.4 Å². The molecule has 1 aromatic carbocycles. The molecule has 0 spiro atoms. The van der Waals surface area contributed by atoms with Crippen molar-refractivity contribution in [3.05, 3.63) is 57.8 Å². The maximum Gasteiger partial charge on any atom is 0.254 e. The third-order valence-corrected chi connectivity index (χ3v) is 7.43. The van der Waals surface area contributed by atoms with Crippen LogP contribution in [0.25, 0.3) is 0 Å². The van der Waals surface area contributed by atoms with Gasteiger partial charge in [-0.2, -0.15) is 0 Å². The lowest BCUT2D eigenvalue weighted by atomic mass is 9.81. The van der Waals surface area contributed by atoms with E-state index in [-0.39, 0.29) is 17.9 Å². The van der Waals surface area contributed by atoms with Crippen LogP contribution in [-0.4, -0.2) is 68.1 Å². The van der Waals surface area contributed by atoms with Gasteiger partial charge in [0.1, 0.15) is 0 Å². The van der Waals surface area contributed by atoms with Crippen molar-refractivity contribution >= 4 is 23.2 Å². The summed E-state index contributed by atoms with van der Waals surface area (Å²) in [4.78, 5) is 32.3. The zero-order valence-corrected chi connectivity index (χ0v) is 19.6. The van der Waals surface area contributed by atoms with E-state index in [1.807, 2.05) is 46.7 Å². The number of thiophene rings is 1. The molecule has 1 aromatic heterocycles. The first-order valence-corrected chi connectivity index (χ1v) is 12.5. The zero-order chi connectivity index (χ0) is 22.3. The van der Waals surface area contributed by atoms with Crippen molar-refractivity contribution in [1.29, 1.82) is 0 Å². The van der Waals surface area contributed by atoms with Gasteiger partial charge in [-0.05, 0) is 62.0 Å². The van der Waals surface area contributed by atoms with Crippen LogP contribution in [0.2, 0.25) is 0 Å². The number of amides is 2. The third kappa shape index (κ3) is 5.05. The lowest BCUT2D eigenvalue weighted by Crippen LogP contribution is -2.48. The Morgan fingerprint density at radius 2 is 1.94 bits per heavy atom. The van der Waals surface area contributed by atoms with Crippen molar-refractivity contribution in [1.82, 2.24) is 15.1 Å². The second-order valence-electron chi connectivity index (χ2n) is 8.56. The molecule has 172 valence electrons. The first-order chi connectivity index (χ1) is 15.7. The maximum atomic E-state index is 13.6. The van der Waals surface area contributed by atoms with Gasteiger partial charge in [-0.15, -0.1) is 11.3 Å². The number of nitrogens with one attached hydrogen (secondary N) is 1. The van der Waals surface area contributed by atoms with Crippen molar-refractivity contribution < 1.29 is 14.3 Å². The molecule has 3 heterocycles. The standard InChI is InChI=1S/C25H33N3O3S/c1-31-17-16-28-23(21-11-7-18-32-21)22(19-9-3-4-10-20(19)25(28)30)24(29)26-12-8-15-27-13-5-2-6-14-27/h3-4,7,9-11,18,22-23H,2,5-6,8,12-17H2,1H3,(H,26,29). The van der Waals surface area contributed by atoms with Gasteiger partial charge in [0, 0.05) is 30.6 Å². The van der Waals surface area contributed by atoms with Gasteiger partial charge in [-0.3, -0.25) is 9.59 Å². The topological polar surface area (TPSA) is 61.9 Å². The molecule has 0 aliphatic carbocycles. The highest BCUT2D eigenvalue weighted by Crippen LogP contribution is 2.44. The first-order valence-electron chi connectivity index (χ1n) is 11.6. The minimum atomic E-state index is -0.436. The van der Waals surface area contributed by atoms with Gasteiger partial charge in [0.2, 0.25) is 5.91 Å². The number of rotatable bonds is 9. The van der Waals surface area contributed by atoms with E-state index in [9.17, 15) is 9.59 Å². The summed E-state index contributed by atoms with van der Waals surface area (Å²) < 4.78 is 5.28. The van der Waals surface area contributed by atoms with E-state index in [1.54, 1.807) is 18.4 Å². The quantitative estimate of drug-likeness (QED) is 0.586. The van der Waals surface area contributed by atoms with E-state index in [1.165, 1.54) is 32.4 Å². The number of nitrogens with zero attached hydrogens (tertiary/aromatic N) is 2. The monoisotopic (exact) mass is 455 g/mol. The Morgan fingerprint density at radius 3 is 2.69 bits per heavy atom. The zero-order valence-electron chi connectivity index (χ0n) is 18.8. The molecule has 2 aromatic rings. The summed E-state index contributed by atoms with van der Waals surface area (Å²) >= 11 is 1.59. The van der Waals surface area contributed by atoms with Gasteiger partial charge < -0.3 is 19.9 Å². The van der Waals surface area contributed by atoms with Crippen LogP contribution in [0.3, 0.4) is 0 Å². The van der Waals surface area contributed by atoms with Crippen LogP contribution in [0.5, 0.6) is 0 Å². The second-order valence-corrected chi connectivity index (χ2v) is 9.54. The molecule has 2 aliphatic rings. The maximum absolute atomic E-state index is 13.6. The number of fused-ring (bicyclic) bond motifs is 1. The minimum Gasteiger partial charge on any atom is -0.383 e. The lowest BCUT2D eigenvalue weighted by molar-refractivity contribution is -0.124. The van der Waals surface area contributed by atoms with Crippen molar-refractivity contribution in [2.45, 2.75) is 37.6 Å². The Hall–Kier alpha value is -2.22. The SMILES string of the molecule is COCCN1C(=O)c2ccccc2C(C(=O)NCCCN2CCCCC2)C1c1cccs1. The third-order valence-electron chi connectivity index (χ3n) is 6.49.